The van der Waals surface area contributed by atoms with E-state index >= 15 is 0 Å². The van der Waals surface area contributed by atoms with E-state index in [-0.39, 0.29) is 12.4 Å². The number of carboxylic acids is 1. The lowest BCUT2D eigenvalue weighted by molar-refractivity contribution is 0.0194. The van der Waals surface area contributed by atoms with Crippen LogP contribution in [0.25, 0.3) is 0 Å². The van der Waals surface area contributed by atoms with Gasteiger partial charge in [-0.15, -0.1) is 0 Å². The summed E-state index contributed by atoms with van der Waals surface area (Å²) in [6.45, 7) is 2.11. The molecule has 0 bridgehead atoms. The van der Waals surface area contributed by atoms with Gasteiger partial charge in [-0.3, -0.25) is 0 Å². The Labute approximate surface area is 99.1 Å². The molecule has 0 spiro atoms. The highest BCUT2D eigenvalue weighted by atomic mass is 16.5. The molecule has 1 heterocycles. The van der Waals surface area contributed by atoms with Crippen molar-refractivity contribution in [3.05, 3.63) is 23.7 Å². The number of carbonyl (C=O) groups is 1. The number of carboxylic acid groups (broad SMARTS) is 1. The molecular formula is C11H16O6. The van der Waals surface area contributed by atoms with Crippen LogP contribution in [0.2, 0.25) is 0 Å². The molecule has 1 N–H and O–H groups in total. The first-order chi connectivity index (χ1) is 8.25. The van der Waals surface area contributed by atoms with Gasteiger partial charge in [0, 0.05) is 12.7 Å². The van der Waals surface area contributed by atoms with Crippen LogP contribution in [0, 0.1) is 0 Å². The van der Waals surface area contributed by atoms with Gasteiger partial charge in [0.1, 0.15) is 0 Å². The molecule has 6 heteroatoms. The number of methoxy groups -OCH3 is 1. The molecule has 0 aliphatic rings. The summed E-state index contributed by atoms with van der Waals surface area (Å²) in [7, 11) is 1.60. The molecule has 0 saturated heterocycles. The Kier molecular flexibility index (Phi) is 6.31. The third-order valence-corrected chi connectivity index (χ3v) is 2.00. The van der Waals surface area contributed by atoms with Gasteiger partial charge in [-0.05, 0) is 6.07 Å². The predicted molar refractivity (Wildman–Crippen MR) is 58.0 cm³/mol. The normalized spacial score (nSPS) is 10.6. The molecule has 17 heavy (non-hydrogen) atoms. The average Bonchev–Trinajstić information content (AvgIpc) is 2.76. The Bertz CT molecular complexity index is 332. The van der Waals surface area contributed by atoms with Gasteiger partial charge >= 0.3 is 5.97 Å². The fourth-order valence-electron chi connectivity index (χ4n) is 1.18. The second-order valence-corrected chi connectivity index (χ2v) is 3.24. The number of hydrogen-bond donors (Lipinski definition) is 1. The summed E-state index contributed by atoms with van der Waals surface area (Å²) in [5.74, 6) is -1.17. The molecule has 96 valence electrons. The fraction of sp³-hybridized carbons (Fsp3) is 0.545. The average molecular weight is 244 g/mol. The second-order valence-electron chi connectivity index (χ2n) is 3.24. The van der Waals surface area contributed by atoms with E-state index < -0.39 is 5.97 Å². The van der Waals surface area contributed by atoms with Gasteiger partial charge in [-0.2, -0.15) is 0 Å². The van der Waals surface area contributed by atoms with Crippen LogP contribution in [0.3, 0.4) is 0 Å². The summed E-state index contributed by atoms with van der Waals surface area (Å²) >= 11 is 0. The Morgan fingerprint density at radius 2 is 2.00 bits per heavy atom. The Balaban J connectivity index is 2.14. The number of ether oxygens (including phenoxy) is 3. The van der Waals surface area contributed by atoms with Gasteiger partial charge in [0.2, 0.25) is 5.76 Å². The lowest BCUT2D eigenvalue weighted by atomic mass is 10.2. The largest absolute Gasteiger partial charge is 0.475 e. The molecule has 0 atom stereocenters. The molecule has 6 nitrogen and oxygen atoms in total. The van der Waals surface area contributed by atoms with Crippen LogP contribution in [0.4, 0.5) is 0 Å². The highest BCUT2D eigenvalue weighted by Gasteiger charge is 2.13. The topological polar surface area (TPSA) is 78.1 Å². The van der Waals surface area contributed by atoms with Crippen LogP contribution in [0.5, 0.6) is 0 Å². The predicted octanol–water partition coefficient (Wildman–Crippen LogP) is 1.16. The Morgan fingerprint density at radius 1 is 1.29 bits per heavy atom. The van der Waals surface area contributed by atoms with E-state index in [4.69, 9.17) is 23.7 Å². The van der Waals surface area contributed by atoms with Crippen molar-refractivity contribution >= 4 is 5.97 Å². The highest BCUT2D eigenvalue weighted by Crippen LogP contribution is 2.11. The number of rotatable bonds is 9. The van der Waals surface area contributed by atoms with Crippen molar-refractivity contribution in [2.24, 2.45) is 0 Å². The quantitative estimate of drug-likeness (QED) is 0.657. The molecule has 0 aliphatic heterocycles. The van der Waals surface area contributed by atoms with Crippen LogP contribution < -0.4 is 0 Å². The van der Waals surface area contributed by atoms with Crippen molar-refractivity contribution < 1.29 is 28.5 Å². The third-order valence-electron chi connectivity index (χ3n) is 2.00. The van der Waals surface area contributed by atoms with E-state index in [1.165, 1.54) is 6.26 Å². The summed E-state index contributed by atoms with van der Waals surface area (Å²) < 4.78 is 20.1. The molecule has 0 aliphatic carbocycles. The molecule has 1 rings (SSSR count). The second kappa shape index (κ2) is 7.83. The standard InChI is InChI=1S/C11H16O6/c1-14-4-5-15-6-7-16-8-9-2-3-17-10(9)11(12)13/h2-3H,4-8H2,1H3,(H,12,13). The maximum Gasteiger partial charge on any atom is 0.372 e. The van der Waals surface area contributed by atoms with Gasteiger partial charge in [0.25, 0.3) is 0 Å². The van der Waals surface area contributed by atoms with E-state index in [0.717, 1.165) is 0 Å². The molecule has 1 aromatic rings. The molecule has 0 unspecified atom stereocenters. The van der Waals surface area contributed by atoms with Crippen molar-refractivity contribution in [2.45, 2.75) is 6.61 Å². The van der Waals surface area contributed by atoms with Crippen molar-refractivity contribution in [2.75, 3.05) is 33.5 Å². The number of aromatic carboxylic acids is 1. The van der Waals surface area contributed by atoms with E-state index in [9.17, 15) is 4.79 Å². The van der Waals surface area contributed by atoms with Gasteiger partial charge in [-0.25, -0.2) is 4.79 Å². The van der Waals surface area contributed by atoms with Gasteiger partial charge < -0.3 is 23.7 Å². The first kappa shape index (κ1) is 13.7. The lowest BCUT2D eigenvalue weighted by Gasteiger charge is -2.04. The van der Waals surface area contributed by atoms with Gasteiger partial charge in [0.05, 0.1) is 39.3 Å². The summed E-state index contributed by atoms with van der Waals surface area (Å²) in [6.07, 6.45) is 1.33. The minimum Gasteiger partial charge on any atom is -0.475 e. The van der Waals surface area contributed by atoms with Crippen LogP contribution in [0.1, 0.15) is 16.1 Å². The molecule has 0 radical (unpaired) electrons. The third kappa shape index (κ3) is 4.99. The van der Waals surface area contributed by atoms with Crippen LogP contribution in [-0.2, 0) is 20.8 Å². The number of hydrogen-bond acceptors (Lipinski definition) is 5. The van der Waals surface area contributed by atoms with E-state index in [1.807, 2.05) is 0 Å². The summed E-state index contributed by atoms with van der Waals surface area (Å²) in [4.78, 5) is 10.7. The zero-order valence-corrected chi connectivity index (χ0v) is 9.68. The molecule has 0 aromatic carbocycles. The van der Waals surface area contributed by atoms with Gasteiger partial charge in [0.15, 0.2) is 0 Å². The summed E-state index contributed by atoms with van der Waals surface area (Å²) in [5, 5.41) is 8.77. The molecule has 0 fully saturated rings. The number of furan rings is 1. The van der Waals surface area contributed by atoms with Crippen molar-refractivity contribution in [1.29, 1.82) is 0 Å². The van der Waals surface area contributed by atoms with Crippen LogP contribution >= 0.6 is 0 Å². The smallest absolute Gasteiger partial charge is 0.372 e. The van der Waals surface area contributed by atoms with Gasteiger partial charge in [-0.1, -0.05) is 0 Å². The zero-order chi connectivity index (χ0) is 12.5. The van der Waals surface area contributed by atoms with Crippen molar-refractivity contribution in [3.63, 3.8) is 0 Å². The molecular weight excluding hydrogens is 228 g/mol. The summed E-state index contributed by atoms with van der Waals surface area (Å²) in [5.41, 5.74) is 0.523. The van der Waals surface area contributed by atoms with E-state index in [2.05, 4.69) is 0 Å². The highest BCUT2D eigenvalue weighted by molar-refractivity contribution is 5.85. The Morgan fingerprint density at radius 3 is 2.71 bits per heavy atom. The minimum absolute atomic E-state index is 0.0784. The van der Waals surface area contributed by atoms with Crippen molar-refractivity contribution in [1.82, 2.24) is 0 Å². The molecule has 0 amide bonds. The Hall–Kier alpha value is -1.37. The monoisotopic (exact) mass is 244 g/mol. The van der Waals surface area contributed by atoms with E-state index in [1.54, 1.807) is 13.2 Å². The first-order valence-electron chi connectivity index (χ1n) is 5.19. The van der Waals surface area contributed by atoms with Crippen LogP contribution in [0.15, 0.2) is 16.7 Å². The fourth-order valence-corrected chi connectivity index (χ4v) is 1.18. The van der Waals surface area contributed by atoms with E-state index in [0.29, 0.717) is 32.0 Å². The zero-order valence-electron chi connectivity index (χ0n) is 9.68. The first-order valence-corrected chi connectivity index (χ1v) is 5.19. The SMILES string of the molecule is COCCOCCOCc1ccoc1C(=O)O. The maximum atomic E-state index is 10.7. The maximum absolute atomic E-state index is 10.7. The minimum atomic E-state index is -1.09. The lowest BCUT2D eigenvalue weighted by Crippen LogP contribution is -2.09. The molecule has 0 saturated carbocycles. The molecule has 1 aromatic heterocycles. The summed E-state index contributed by atoms with van der Waals surface area (Å²) in [6, 6.07) is 1.58. The van der Waals surface area contributed by atoms with Crippen molar-refractivity contribution in [3.8, 4) is 0 Å². The van der Waals surface area contributed by atoms with Crippen LogP contribution in [-0.4, -0.2) is 44.6 Å².